The summed E-state index contributed by atoms with van der Waals surface area (Å²) in [6.45, 7) is 7.74. The topological polar surface area (TPSA) is 81.2 Å². The van der Waals surface area contributed by atoms with E-state index in [9.17, 15) is 22.4 Å². The largest absolute Gasteiger partial charge is 0.342 e. The zero-order chi connectivity index (χ0) is 24.0. The molecule has 1 aromatic carbocycles. The van der Waals surface area contributed by atoms with Crippen LogP contribution < -0.4 is 0 Å². The predicted molar refractivity (Wildman–Crippen MR) is 124 cm³/mol. The van der Waals surface area contributed by atoms with Gasteiger partial charge < -0.3 is 9.80 Å². The molecule has 2 aliphatic rings. The maximum absolute atomic E-state index is 14.5. The van der Waals surface area contributed by atoms with Crippen LogP contribution in [-0.4, -0.2) is 98.1 Å². The lowest BCUT2D eigenvalue weighted by Gasteiger charge is -2.35. The third kappa shape index (κ3) is 6.10. The maximum atomic E-state index is 14.5. The zero-order valence-corrected chi connectivity index (χ0v) is 20.4. The van der Waals surface area contributed by atoms with Crippen molar-refractivity contribution in [2.75, 3.05) is 58.9 Å². The van der Waals surface area contributed by atoms with Crippen LogP contribution in [0.15, 0.2) is 23.1 Å². The third-order valence-corrected chi connectivity index (χ3v) is 8.53. The lowest BCUT2D eigenvalue weighted by atomic mass is 10.1. The lowest BCUT2D eigenvalue weighted by Crippen LogP contribution is -2.51. The van der Waals surface area contributed by atoms with Gasteiger partial charge in [0.15, 0.2) is 0 Å². The van der Waals surface area contributed by atoms with Crippen LogP contribution in [-0.2, 0) is 14.8 Å². The molecule has 0 unspecified atom stereocenters. The number of hydrogen-bond donors (Lipinski definition) is 0. The Hall–Kier alpha value is -2.04. The summed E-state index contributed by atoms with van der Waals surface area (Å²) in [6, 6.07) is 3.38. The Labute approximate surface area is 196 Å². The minimum atomic E-state index is -3.79. The average molecular weight is 483 g/mol. The fraction of sp³-hybridized carbons (Fsp3) is 0.652. The molecule has 0 aromatic heterocycles. The van der Waals surface area contributed by atoms with Crippen LogP contribution in [0.25, 0.3) is 0 Å². The van der Waals surface area contributed by atoms with Crippen LogP contribution in [0, 0.1) is 5.82 Å². The van der Waals surface area contributed by atoms with Crippen molar-refractivity contribution >= 4 is 21.8 Å². The van der Waals surface area contributed by atoms with E-state index >= 15 is 0 Å². The highest BCUT2D eigenvalue weighted by molar-refractivity contribution is 7.89. The fourth-order valence-corrected chi connectivity index (χ4v) is 5.92. The molecule has 10 heteroatoms. The first-order chi connectivity index (χ1) is 15.8. The fourth-order valence-electron chi connectivity index (χ4n) is 4.43. The van der Waals surface area contributed by atoms with Crippen molar-refractivity contribution in [1.82, 2.24) is 19.0 Å². The summed E-state index contributed by atoms with van der Waals surface area (Å²) in [6.07, 6.45) is 4.42. The molecule has 0 N–H and O–H groups in total. The Bertz CT molecular complexity index is 936. The number of amides is 2. The molecule has 0 radical (unpaired) electrons. The molecular weight excluding hydrogens is 447 g/mol. The van der Waals surface area contributed by atoms with Crippen LogP contribution in [0.3, 0.4) is 0 Å². The van der Waals surface area contributed by atoms with E-state index in [4.69, 9.17) is 0 Å². The van der Waals surface area contributed by atoms with E-state index in [2.05, 4.69) is 0 Å². The first-order valence-corrected chi connectivity index (χ1v) is 13.3. The number of hydrogen-bond acceptors (Lipinski definition) is 5. The van der Waals surface area contributed by atoms with Gasteiger partial charge in [0, 0.05) is 52.4 Å². The molecule has 2 saturated heterocycles. The van der Waals surface area contributed by atoms with Crippen LogP contribution in [0.5, 0.6) is 0 Å². The molecule has 8 nitrogen and oxygen atoms in total. The maximum Gasteiger partial charge on any atom is 0.256 e. The number of nitrogens with zero attached hydrogens (tertiary/aromatic N) is 4. The third-order valence-electron chi connectivity index (χ3n) is 6.49. The normalized spacial score (nSPS) is 18.4. The van der Waals surface area contributed by atoms with Gasteiger partial charge in [0.25, 0.3) is 5.91 Å². The van der Waals surface area contributed by atoms with Gasteiger partial charge in [0.1, 0.15) is 5.82 Å². The highest BCUT2D eigenvalue weighted by Crippen LogP contribution is 2.21. The summed E-state index contributed by atoms with van der Waals surface area (Å²) < 4.78 is 41.4. The number of carbonyl (C=O) groups is 2. The van der Waals surface area contributed by atoms with Gasteiger partial charge in [0.05, 0.1) is 17.0 Å². The van der Waals surface area contributed by atoms with Crippen LogP contribution in [0.1, 0.15) is 49.9 Å². The van der Waals surface area contributed by atoms with E-state index in [1.807, 2.05) is 9.80 Å². The van der Waals surface area contributed by atoms with Gasteiger partial charge in [-0.2, -0.15) is 4.31 Å². The lowest BCUT2D eigenvalue weighted by molar-refractivity contribution is -0.132. The van der Waals surface area contributed by atoms with Crippen molar-refractivity contribution in [2.24, 2.45) is 0 Å². The van der Waals surface area contributed by atoms with Crippen molar-refractivity contribution in [2.45, 2.75) is 44.4 Å². The monoisotopic (exact) mass is 482 g/mol. The van der Waals surface area contributed by atoms with Gasteiger partial charge in [0.2, 0.25) is 15.9 Å². The molecule has 184 valence electrons. The number of piperazine rings is 1. The standard InChI is InChI=1S/C23H35FN4O4S/c1-3-28(4-2)33(31,32)19-9-10-21(24)20(17-19)23(30)27-15-13-25(14-16-27)18-22(29)26-11-7-5-6-8-12-26/h9-10,17H,3-8,11-16,18H2,1-2H3. The van der Waals surface area contributed by atoms with Crippen LogP contribution >= 0.6 is 0 Å². The highest BCUT2D eigenvalue weighted by Gasteiger charge is 2.29. The number of likely N-dealkylation sites (tertiary alicyclic amines) is 1. The summed E-state index contributed by atoms with van der Waals surface area (Å²) >= 11 is 0. The summed E-state index contributed by atoms with van der Waals surface area (Å²) in [5.41, 5.74) is -0.239. The Balaban J connectivity index is 1.63. The van der Waals surface area contributed by atoms with E-state index in [0.29, 0.717) is 32.7 Å². The summed E-state index contributed by atoms with van der Waals surface area (Å²) in [5, 5.41) is 0. The zero-order valence-electron chi connectivity index (χ0n) is 19.6. The molecule has 0 bridgehead atoms. The van der Waals surface area contributed by atoms with Crippen molar-refractivity contribution in [3.8, 4) is 0 Å². The van der Waals surface area contributed by atoms with Gasteiger partial charge in [-0.1, -0.05) is 26.7 Å². The van der Waals surface area contributed by atoms with E-state index in [1.54, 1.807) is 13.8 Å². The molecule has 1 aromatic rings. The number of benzene rings is 1. The quantitative estimate of drug-likeness (QED) is 0.594. The molecule has 0 atom stereocenters. The molecule has 33 heavy (non-hydrogen) atoms. The average Bonchev–Trinajstić information content (AvgIpc) is 3.10. The van der Waals surface area contributed by atoms with Crippen molar-refractivity contribution in [1.29, 1.82) is 0 Å². The SMILES string of the molecule is CCN(CC)S(=O)(=O)c1ccc(F)c(C(=O)N2CCN(CC(=O)N3CCCCCC3)CC2)c1. The molecule has 2 heterocycles. The summed E-state index contributed by atoms with van der Waals surface area (Å²) in [4.78, 5) is 31.0. The van der Waals surface area contributed by atoms with Gasteiger partial charge >= 0.3 is 0 Å². The molecule has 2 fully saturated rings. The minimum absolute atomic E-state index is 0.0855. The number of carbonyl (C=O) groups excluding carboxylic acids is 2. The molecule has 0 saturated carbocycles. The van der Waals surface area contributed by atoms with Crippen molar-refractivity contribution < 1.29 is 22.4 Å². The second-order valence-electron chi connectivity index (χ2n) is 8.59. The second-order valence-corrected chi connectivity index (χ2v) is 10.5. The molecule has 0 spiro atoms. The highest BCUT2D eigenvalue weighted by atomic mass is 32.2. The van der Waals surface area contributed by atoms with Crippen LogP contribution in [0.4, 0.5) is 4.39 Å². The van der Waals surface area contributed by atoms with Gasteiger partial charge in [-0.15, -0.1) is 0 Å². The van der Waals surface area contributed by atoms with E-state index in [0.717, 1.165) is 38.1 Å². The first-order valence-electron chi connectivity index (χ1n) is 11.9. The van der Waals surface area contributed by atoms with Crippen LogP contribution in [0.2, 0.25) is 0 Å². The smallest absolute Gasteiger partial charge is 0.256 e. The van der Waals surface area contributed by atoms with Crippen molar-refractivity contribution in [3.05, 3.63) is 29.6 Å². The Kier molecular flexibility index (Phi) is 8.83. The molecule has 0 aliphatic carbocycles. The summed E-state index contributed by atoms with van der Waals surface area (Å²) in [5.74, 6) is -1.14. The van der Waals surface area contributed by atoms with E-state index in [1.165, 1.54) is 28.1 Å². The van der Waals surface area contributed by atoms with Crippen molar-refractivity contribution in [3.63, 3.8) is 0 Å². The number of sulfonamides is 1. The predicted octanol–water partition coefficient (Wildman–Crippen LogP) is 2.02. The molecular formula is C23H35FN4O4S. The van der Waals surface area contributed by atoms with E-state index in [-0.39, 0.29) is 29.5 Å². The second kappa shape index (κ2) is 11.4. The number of halogens is 1. The molecule has 2 aliphatic heterocycles. The van der Waals surface area contributed by atoms with Gasteiger partial charge in [-0.25, -0.2) is 12.8 Å². The van der Waals surface area contributed by atoms with E-state index < -0.39 is 21.7 Å². The van der Waals surface area contributed by atoms with Gasteiger partial charge in [-0.3, -0.25) is 14.5 Å². The Morgan fingerprint density at radius 3 is 2.09 bits per heavy atom. The molecule has 3 rings (SSSR count). The minimum Gasteiger partial charge on any atom is -0.342 e. The Morgan fingerprint density at radius 1 is 0.909 bits per heavy atom. The Morgan fingerprint density at radius 2 is 1.52 bits per heavy atom. The summed E-state index contributed by atoms with van der Waals surface area (Å²) in [7, 11) is -3.79. The van der Waals surface area contributed by atoms with Gasteiger partial charge in [-0.05, 0) is 31.0 Å². The number of rotatable bonds is 7. The first kappa shape index (κ1) is 25.6. The molecule has 2 amide bonds.